The molecular weight excluding hydrogens is 332 g/mol. The Kier molecular flexibility index (Phi) is 3.32. The number of likely N-dealkylation sites (N-methyl/N-ethyl adjacent to an activating group) is 1. The minimum atomic E-state index is -3.27. The van der Waals surface area contributed by atoms with Crippen LogP contribution in [-0.4, -0.2) is 47.3 Å². The van der Waals surface area contributed by atoms with Gasteiger partial charge in [-0.2, -0.15) is 0 Å². The Morgan fingerprint density at radius 3 is 2.77 bits per heavy atom. The molecule has 0 saturated heterocycles. The second kappa shape index (κ2) is 8.45. The molecule has 3 atom stereocenters. The van der Waals surface area contributed by atoms with Crippen LogP contribution < -0.4 is 5.32 Å². The Morgan fingerprint density at radius 2 is 2.12 bits per heavy atom. The number of aliphatic hydroxyl groups is 1. The summed E-state index contributed by atoms with van der Waals surface area (Å²) >= 11 is 0. The van der Waals surface area contributed by atoms with Crippen molar-refractivity contribution in [3.05, 3.63) is 35.3 Å². The molecule has 6 nitrogen and oxygen atoms in total. The van der Waals surface area contributed by atoms with Gasteiger partial charge in [-0.1, -0.05) is 44.9 Å². The van der Waals surface area contributed by atoms with Gasteiger partial charge in [-0.25, -0.2) is 0 Å². The average molecular weight is 371 g/mol. The fourth-order valence-corrected chi connectivity index (χ4v) is 2.21. The summed E-state index contributed by atoms with van der Waals surface area (Å²) in [7, 11) is 0.806. The van der Waals surface area contributed by atoms with Crippen LogP contribution in [0.15, 0.2) is 24.2 Å². The van der Waals surface area contributed by atoms with Gasteiger partial charge in [-0.3, -0.25) is 14.4 Å². The second-order valence-corrected chi connectivity index (χ2v) is 6.29. The molecule has 2 rings (SSSR count). The van der Waals surface area contributed by atoms with Gasteiger partial charge < -0.3 is 15.3 Å². The monoisotopic (exact) mass is 370 g/mol. The third-order valence-corrected chi connectivity index (χ3v) is 3.83. The first kappa shape index (κ1) is 10.2. The Hall–Kier alpha value is -2.21. The number of hydrogen-bond acceptors (Lipinski definition) is 4. The van der Waals surface area contributed by atoms with E-state index in [9.17, 15) is 19.5 Å². The van der Waals surface area contributed by atoms with Crippen molar-refractivity contribution in [1.82, 2.24) is 10.2 Å². The molecule has 0 aliphatic carbocycles. The standard InChI is InChI=1S/C20H28N2O4/c1-12(2)18(24)16(23)11-13(3)19(25)21-17-15-8-6-5-7-14(15)9-10-22(4)20(17)26/h5-8,12-13,17-18,24H,9-11H2,1-4H3,(H,21,25)/t13-,17+,18+/m1/s1/i5D,6D,7D,8D,9D2,10D2,13D,17D. The van der Waals surface area contributed by atoms with E-state index in [1.807, 2.05) is 5.32 Å². The zero-order chi connectivity index (χ0) is 28.3. The lowest BCUT2D eigenvalue weighted by Crippen LogP contribution is -2.43. The lowest BCUT2D eigenvalue weighted by atomic mass is 9.94. The molecule has 2 N–H and O–H groups in total. The Bertz CT molecular complexity index is 1120. The number of carbonyl (C=O) groups is 3. The summed E-state index contributed by atoms with van der Waals surface area (Å²) in [4.78, 5) is 39.0. The predicted molar refractivity (Wildman–Crippen MR) is 98.3 cm³/mol. The van der Waals surface area contributed by atoms with Crippen LogP contribution in [0.25, 0.3) is 0 Å². The van der Waals surface area contributed by atoms with Crippen LogP contribution in [0, 0.1) is 11.8 Å². The van der Waals surface area contributed by atoms with Crippen molar-refractivity contribution in [3.8, 4) is 0 Å². The quantitative estimate of drug-likeness (QED) is 0.794. The van der Waals surface area contributed by atoms with E-state index in [2.05, 4.69) is 0 Å². The summed E-state index contributed by atoms with van der Waals surface area (Å²) in [6, 6.07) is -7.19. The molecule has 0 saturated carbocycles. The lowest BCUT2D eigenvalue weighted by molar-refractivity contribution is -0.137. The van der Waals surface area contributed by atoms with Gasteiger partial charge in [0.15, 0.2) is 5.78 Å². The van der Waals surface area contributed by atoms with Crippen molar-refractivity contribution in [2.75, 3.05) is 13.5 Å². The van der Waals surface area contributed by atoms with Crippen LogP contribution in [0.1, 0.15) is 58.0 Å². The molecule has 0 fully saturated rings. The molecule has 0 radical (unpaired) electrons. The minimum absolute atomic E-state index is 0.182. The first-order valence-corrected chi connectivity index (χ1v) is 8.00. The normalized spacial score (nSPS) is 33.0. The molecule has 0 spiro atoms. The number of carbonyl (C=O) groups excluding carboxylic acids is 3. The average Bonchev–Trinajstić information content (AvgIpc) is 2.79. The number of ketones is 1. The third-order valence-electron chi connectivity index (χ3n) is 3.83. The molecule has 1 aromatic rings. The second-order valence-electron chi connectivity index (χ2n) is 6.29. The number of benzene rings is 1. The molecular formula is C20H28N2O4. The van der Waals surface area contributed by atoms with Gasteiger partial charge in [0, 0.05) is 32.7 Å². The molecule has 2 amide bonds. The highest BCUT2D eigenvalue weighted by atomic mass is 16.3. The van der Waals surface area contributed by atoms with Crippen molar-refractivity contribution in [2.45, 2.75) is 45.7 Å². The zero-order valence-corrected chi connectivity index (χ0v) is 15.0. The van der Waals surface area contributed by atoms with Gasteiger partial charge in [0.2, 0.25) is 11.8 Å². The number of amides is 2. The Balaban J connectivity index is 2.79. The highest BCUT2D eigenvalue weighted by Gasteiger charge is 2.32. The lowest BCUT2D eigenvalue weighted by Gasteiger charge is -2.24. The summed E-state index contributed by atoms with van der Waals surface area (Å²) < 4.78 is 82.8. The maximum absolute atomic E-state index is 13.4. The van der Waals surface area contributed by atoms with Crippen molar-refractivity contribution >= 4 is 17.6 Å². The van der Waals surface area contributed by atoms with Crippen LogP contribution in [-0.2, 0) is 20.8 Å². The van der Waals surface area contributed by atoms with Crippen LogP contribution in [0.4, 0.5) is 0 Å². The largest absolute Gasteiger partial charge is 0.385 e. The van der Waals surface area contributed by atoms with Gasteiger partial charge >= 0.3 is 0 Å². The zero-order valence-electron chi connectivity index (χ0n) is 25.0. The number of rotatable bonds is 6. The number of aliphatic hydroxyl groups excluding tert-OH is 1. The maximum atomic E-state index is 13.4. The summed E-state index contributed by atoms with van der Waals surface area (Å²) in [5.74, 6) is -6.74. The van der Waals surface area contributed by atoms with E-state index < -0.39 is 96.1 Å². The van der Waals surface area contributed by atoms with E-state index in [0.29, 0.717) is 0 Å². The number of fused-ring (bicyclic) bond motifs is 1. The van der Waals surface area contributed by atoms with E-state index in [4.69, 9.17) is 13.7 Å². The molecule has 142 valence electrons. The number of nitrogens with one attached hydrogen (secondary N) is 1. The molecule has 1 aliphatic heterocycles. The Labute approximate surface area is 168 Å². The van der Waals surface area contributed by atoms with Gasteiger partial charge in [0.1, 0.15) is 12.1 Å². The van der Waals surface area contributed by atoms with Gasteiger partial charge in [0.25, 0.3) is 0 Å². The van der Waals surface area contributed by atoms with Crippen LogP contribution >= 0.6 is 0 Å². The molecule has 1 aliphatic rings. The van der Waals surface area contributed by atoms with Gasteiger partial charge in [-0.15, -0.1) is 0 Å². The molecule has 1 aromatic carbocycles. The summed E-state index contributed by atoms with van der Waals surface area (Å²) in [6.45, 7) is 0.817. The van der Waals surface area contributed by atoms with E-state index in [-0.39, 0.29) is 4.90 Å². The summed E-state index contributed by atoms with van der Waals surface area (Å²) in [5.41, 5.74) is -2.06. The van der Waals surface area contributed by atoms with Crippen molar-refractivity contribution < 1.29 is 33.2 Å². The third kappa shape index (κ3) is 4.49. The maximum Gasteiger partial charge on any atom is 0.249 e. The molecule has 0 bridgehead atoms. The van der Waals surface area contributed by atoms with Gasteiger partial charge in [-0.05, 0) is 23.4 Å². The highest BCUT2D eigenvalue weighted by molar-refractivity contribution is 5.92. The van der Waals surface area contributed by atoms with E-state index in [0.717, 1.165) is 14.0 Å². The van der Waals surface area contributed by atoms with Crippen molar-refractivity contribution in [3.63, 3.8) is 0 Å². The predicted octanol–water partition coefficient (Wildman–Crippen LogP) is 1.47. The SMILES string of the molecule is [2H]c1c([2H])c([2H])c2c(c1[2H])C([2H])([2H])C([2H])([2H])N(C)C(=O)[C@@]2([2H])NC(=O)[C@]([2H])(C)CC(=O)[C@@H](O)C(C)C. The first-order valence-electron chi connectivity index (χ1n) is 13.0. The first-order chi connectivity index (χ1) is 16.1. The van der Waals surface area contributed by atoms with Gasteiger partial charge in [0.05, 0.1) is 6.85 Å². The number of hydrogen-bond donors (Lipinski definition) is 2. The van der Waals surface area contributed by atoms with E-state index >= 15 is 0 Å². The molecule has 0 aromatic heterocycles. The fraction of sp³-hybridized carbons (Fsp3) is 0.550. The summed E-state index contributed by atoms with van der Waals surface area (Å²) in [6.07, 6.45) is -5.59. The molecule has 26 heavy (non-hydrogen) atoms. The topological polar surface area (TPSA) is 86.7 Å². The fourth-order valence-electron chi connectivity index (χ4n) is 2.21. The van der Waals surface area contributed by atoms with E-state index in [1.54, 1.807) is 0 Å². The smallest absolute Gasteiger partial charge is 0.249 e. The molecule has 0 unspecified atom stereocenters. The summed E-state index contributed by atoms with van der Waals surface area (Å²) in [5, 5.41) is 11.9. The van der Waals surface area contributed by atoms with E-state index in [1.165, 1.54) is 13.8 Å². The molecule has 6 heteroatoms. The minimum Gasteiger partial charge on any atom is -0.385 e. The molecule has 1 heterocycles. The number of nitrogens with zero attached hydrogens (tertiary/aromatic N) is 1. The van der Waals surface area contributed by atoms with Crippen LogP contribution in [0.5, 0.6) is 0 Å². The van der Waals surface area contributed by atoms with Crippen LogP contribution in [0.2, 0.25) is 0 Å². The van der Waals surface area contributed by atoms with Crippen molar-refractivity contribution in [2.24, 2.45) is 11.8 Å². The number of Topliss-reactive ketones (excluding diaryl/α,β-unsaturated/α-hetero) is 1. The Morgan fingerprint density at radius 1 is 1.46 bits per heavy atom. The highest BCUT2D eigenvalue weighted by Crippen LogP contribution is 2.25. The van der Waals surface area contributed by atoms with Crippen molar-refractivity contribution in [1.29, 1.82) is 0 Å². The van der Waals surface area contributed by atoms with Crippen LogP contribution in [0.3, 0.4) is 0 Å².